The van der Waals surface area contributed by atoms with Crippen LogP contribution < -0.4 is 5.32 Å². The number of anilines is 1. The number of piperazine rings is 1. The molecule has 2 heterocycles. The first-order chi connectivity index (χ1) is 14.1. The van der Waals surface area contributed by atoms with E-state index in [0.29, 0.717) is 11.3 Å². The number of thiophene rings is 1. The van der Waals surface area contributed by atoms with Crippen molar-refractivity contribution in [2.24, 2.45) is 0 Å². The topological polar surface area (TPSA) is 59.4 Å². The summed E-state index contributed by atoms with van der Waals surface area (Å²) in [5, 5.41) is 15.6. The fourth-order valence-electron chi connectivity index (χ4n) is 3.78. The summed E-state index contributed by atoms with van der Waals surface area (Å²) in [4.78, 5) is 17.3. The number of hydrogen-bond acceptors (Lipinski definition) is 5. The Morgan fingerprint density at radius 2 is 1.97 bits per heavy atom. The van der Waals surface area contributed by atoms with Crippen LogP contribution in [0, 0.1) is 11.3 Å². The van der Waals surface area contributed by atoms with E-state index in [9.17, 15) is 4.79 Å². The number of amides is 1. The Morgan fingerprint density at radius 1 is 1.17 bits per heavy atom. The SMILES string of the molecule is C[C@H](C(=O)Nc1cccc(C#N)c1)N1CCN(Cc2csc3ccccc23)CC1. The molecule has 3 aromatic rings. The van der Waals surface area contributed by atoms with Crippen molar-refractivity contribution in [3.05, 3.63) is 65.0 Å². The molecule has 1 aliphatic heterocycles. The van der Waals surface area contributed by atoms with Crippen molar-refractivity contribution >= 4 is 33.0 Å². The zero-order chi connectivity index (χ0) is 20.2. The maximum atomic E-state index is 12.6. The van der Waals surface area contributed by atoms with Crippen LogP contribution in [-0.2, 0) is 11.3 Å². The van der Waals surface area contributed by atoms with Crippen molar-refractivity contribution < 1.29 is 4.79 Å². The summed E-state index contributed by atoms with van der Waals surface area (Å²) in [6.07, 6.45) is 0. The first-order valence-electron chi connectivity index (χ1n) is 9.86. The molecular formula is C23H24N4OS. The van der Waals surface area contributed by atoms with E-state index in [1.165, 1.54) is 15.6 Å². The Bertz CT molecular complexity index is 1050. The van der Waals surface area contributed by atoms with Gasteiger partial charge in [0.2, 0.25) is 5.91 Å². The highest BCUT2D eigenvalue weighted by Gasteiger charge is 2.26. The molecule has 0 aliphatic carbocycles. The van der Waals surface area contributed by atoms with E-state index in [1.54, 1.807) is 29.5 Å². The molecule has 0 bridgehead atoms. The lowest BCUT2D eigenvalue weighted by atomic mass is 10.1. The first kappa shape index (κ1) is 19.6. The zero-order valence-corrected chi connectivity index (χ0v) is 17.3. The Kier molecular flexibility index (Phi) is 5.91. The lowest BCUT2D eigenvalue weighted by molar-refractivity contribution is -0.121. The van der Waals surface area contributed by atoms with E-state index < -0.39 is 0 Å². The quantitative estimate of drug-likeness (QED) is 0.700. The lowest BCUT2D eigenvalue weighted by Gasteiger charge is -2.37. The van der Waals surface area contributed by atoms with Gasteiger partial charge in [-0.25, -0.2) is 0 Å². The summed E-state index contributed by atoms with van der Waals surface area (Å²) in [6.45, 7) is 6.55. The van der Waals surface area contributed by atoms with Gasteiger partial charge in [-0.15, -0.1) is 11.3 Å². The van der Waals surface area contributed by atoms with Gasteiger partial charge in [-0.2, -0.15) is 5.26 Å². The van der Waals surface area contributed by atoms with Crippen molar-refractivity contribution in [1.82, 2.24) is 9.80 Å². The van der Waals surface area contributed by atoms with Gasteiger partial charge in [-0.1, -0.05) is 24.3 Å². The third kappa shape index (κ3) is 4.48. The molecule has 148 valence electrons. The van der Waals surface area contributed by atoms with Gasteiger partial charge in [0.25, 0.3) is 0 Å². The predicted molar refractivity (Wildman–Crippen MR) is 118 cm³/mol. The maximum Gasteiger partial charge on any atom is 0.241 e. The highest BCUT2D eigenvalue weighted by atomic mass is 32.1. The second-order valence-electron chi connectivity index (χ2n) is 7.43. The van der Waals surface area contributed by atoms with E-state index in [1.807, 2.05) is 13.0 Å². The molecule has 6 heteroatoms. The van der Waals surface area contributed by atoms with Gasteiger partial charge in [-0.05, 0) is 47.5 Å². The molecule has 2 aromatic carbocycles. The second-order valence-corrected chi connectivity index (χ2v) is 8.34. The van der Waals surface area contributed by atoms with Crippen LogP contribution >= 0.6 is 11.3 Å². The van der Waals surface area contributed by atoms with Gasteiger partial charge < -0.3 is 5.32 Å². The van der Waals surface area contributed by atoms with E-state index >= 15 is 0 Å². The third-order valence-electron chi connectivity index (χ3n) is 5.55. The molecule has 1 atom stereocenters. The minimum absolute atomic E-state index is 0.0302. The van der Waals surface area contributed by atoms with E-state index in [4.69, 9.17) is 5.26 Å². The number of nitrogens with one attached hydrogen (secondary N) is 1. The Balaban J connectivity index is 1.31. The molecule has 1 aromatic heterocycles. The van der Waals surface area contributed by atoms with Crippen molar-refractivity contribution in [2.45, 2.75) is 19.5 Å². The summed E-state index contributed by atoms with van der Waals surface area (Å²) in [6, 6.07) is 17.5. The van der Waals surface area contributed by atoms with Crippen LogP contribution in [0.3, 0.4) is 0 Å². The molecule has 0 saturated carbocycles. The van der Waals surface area contributed by atoms with Gasteiger partial charge >= 0.3 is 0 Å². The van der Waals surface area contributed by atoms with E-state index in [-0.39, 0.29) is 11.9 Å². The van der Waals surface area contributed by atoms with Gasteiger partial charge in [0.05, 0.1) is 17.7 Å². The van der Waals surface area contributed by atoms with Crippen LogP contribution in [0.25, 0.3) is 10.1 Å². The lowest BCUT2D eigenvalue weighted by Crippen LogP contribution is -2.52. The van der Waals surface area contributed by atoms with Gasteiger partial charge in [0.15, 0.2) is 0 Å². The second kappa shape index (κ2) is 8.75. The van der Waals surface area contributed by atoms with E-state index in [2.05, 4.69) is 50.8 Å². The number of fused-ring (bicyclic) bond motifs is 1. The Hall–Kier alpha value is -2.72. The number of benzene rings is 2. The van der Waals surface area contributed by atoms with Crippen molar-refractivity contribution in [3.8, 4) is 6.07 Å². The fourth-order valence-corrected chi connectivity index (χ4v) is 4.74. The zero-order valence-electron chi connectivity index (χ0n) is 16.5. The summed E-state index contributed by atoms with van der Waals surface area (Å²) in [7, 11) is 0. The Morgan fingerprint density at radius 3 is 2.76 bits per heavy atom. The summed E-state index contributed by atoms with van der Waals surface area (Å²) < 4.78 is 1.34. The molecule has 0 radical (unpaired) electrons. The van der Waals surface area contributed by atoms with Gasteiger partial charge in [-0.3, -0.25) is 14.6 Å². The average Bonchev–Trinajstić information content (AvgIpc) is 3.17. The molecule has 1 aliphatic rings. The molecule has 1 saturated heterocycles. The number of nitrogens with zero attached hydrogens (tertiary/aromatic N) is 3. The molecule has 5 nitrogen and oxygen atoms in total. The Labute approximate surface area is 175 Å². The van der Waals surface area contributed by atoms with Crippen molar-refractivity contribution in [3.63, 3.8) is 0 Å². The predicted octanol–water partition coefficient (Wildman–Crippen LogP) is 3.92. The smallest absolute Gasteiger partial charge is 0.241 e. The monoisotopic (exact) mass is 404 g/mol. The standard InChI is InChI=1S/C23H24N4OS/c1-17(23(28)25-20-6-4-5-18(13-20)14-24)27-11-9-26(10-12-27)15-19-16-29-22-8-3-2-7-21(19)22/h2-8,13,16-17H,9-12,15H2,1H3,(H,25,28)/t17-/m1/s1. The molecule has 0 unspecified atom stereocenters. The van der Waals surface area contributed by atoms with Crippen LogP contribution in [0.1, 0.15) is 18.1 Å². The number of carbonyl (C=O) groups excluding carboxylic acids is 1. The van der Waals surface area contributed by atoms with Crippen LogP contribution in [0.5, 0.6) is 0 Å². The largest absolute Gasteiger partial charge is 0.325 e. The normalized spacial score (nSPS) is 16.4. The highest BCUT2D eigenvalue weighted by Crippen LogP contribution is 2.27. The molecule has 29 heavy (non-hydrogen) atoms. The fraction of sp³-hybridized carbons (Fsp3) is 0.304. The van der Waals surface area contributed by atoms with Crippen LogP contribution in [0.2, 0.25) is 0 Å². The number of hydrogen-bond donors (Lipinski definition) is 1. The maximum absolute atomic E-state index is 12.6. The highest BCUT2D eigenvalue weighted by molar-refractivity contribution is 7.17. The van der Waals surface area contributed by atoms with Crippen LogP contribution in [0.4, 0.5) is 5.69 Å². The molecule has 1 amide bonds. The van der Waals surface area contributed by atoms with Crippen LogP contribution in [-0.4, -0.2) is 47.9 Å². The van der Waals surface area contributed by atoms with Crippen molar-refractivity contribution in [2.75, 3.05) is 31.5 Å². The number of nitriles is 1. The van der Waals surface area contributed by atoms with Crippen LogP contribution in [0.15, 0.2) is 53.9 Å². The average molecular weight is 405 g/mol. The summed E-state index contributed by atoms with van der Waals surface area (Å²) in [5.41, 5.74) is 2.61. The summed E-state index contributed by atoms with van der Waals surface area (Å²) >= 11 is 1.81. The molecule has 4 rings (SSSR count). The summed E-state index contributed by atoms with van der Waals surface area (Å²) in [5.74, 6) is -0.0302. The van der Waals surface area contributed by atoms with Crippen molar-refractivity contribution in [1.29, 1.82) is 5.26 Å². The molecule has 1 fully saturated rings. The third-order valence-corrected chi connectivity index (χ3v) is 6.56. The van der Waals surface area contributed by atoms with Gasteiger partial charge in [0.1, 0.15) is 0 Å². The molecule has 1 N–H and O–H groups in total. The number of carbonyl (C=O) groups is 1. The minimum atomic E-state index is -0.204. The first-order valence-corrected chi connectivity index (χ1v) is 10.7. The van der Waals surface area contributed by atoms with Gasteiger partial charge in [0, 0.05) is 43.1 Å². The van der Waals surface area contributed by atoms with E-state index in [0.717, 1.165) is 32.7 Å². The molecule has 0 spiro atoms. The molecular weight excluding hydrogens is 380 g/mol. The minimum Gasteiger partial charge on any atom is -0.325 e. The number of rotatable bonds is 5.